The second kappa shape index (κ2) is 2.41. The molecule has 0 aliphatic heterocycles. The summed E-state index contributed by atoms with van der Waals surface area (Å²) >= 11 is 0. The highest BCUT2D eigenvalue weighted by molar-refractivity contribution is 5.36. The molecule has 0 saturated heterocycles. The second-order valence-electron chi connectivity index (χ2n) is 1.89. The van der Waals surface area contributed by atoms with Gasteiger partial charge in [-0.15, -0.1) is 0 Å². The van der Waals surface area contributed by atoms with E-state index in [0.29, 0.717) is 4.73 Å². The Labute approximate surface area is 61.6 Å². The molecule has 6 heteroatoms. The molecule has 11 heavy (non-hydrogen) atoms. The first-order valence-electron chi connectivity index (χ1n) is 2.74. The molecule has 0 bridgehead atoms. The van der Waals surface area contributed by atoms with Gasteiger partial charge in [0.15, 0.2) is 0 Å². The number of nitrogens with two attached hydrogens (primary N) is 1. The zero-order chi connectivity index (χ0) is 8.43. The molecule has 0 aliphatic rings. The van der Waals surface area contributed by atoms with Crippen molar-refractivity contribution in [2.24, 2.45) is 0 Å². The monoisotopic (exact) mass is 155 g/mol. The number of nitrogens with zero attached hydrogens (tertiary/aromatic N) is 2. The molecular formula is C5H5N3O3. The fourth-order valence-electron chi connectivity index (χ4n) is 0.607. The van der Waals surface area contributed by atoms with Gasteiger partial charge in [0.25, 0.3) is 11.5 Å². The lowest BCUT2D eigenvalue weighted by Gasteiger charge is -2.01. The molecule has 0 atom stereocenters. The maximum atomic E-state index is 10.6. The van der Waals surface area contributed by atoms with Crippen LogP contribution in [0.25, 0.3) is 0 Å². The Hall–Kier alpha value is -1.85. The minimum absolute atomic E-state index is 0.181. The summed E-state index contributed by atoms with van der Waals surface area (Å²) in [7, 11) is 0. The lowest BCUT2D eigenvalue weighted by molar-refractivity contribution is -0.590. The second-order valence-corrected chi connectivity index (χ2v) is 1.89. The maximum Gasteiger partial charge on any atom is 0.282 e. The van der Waals surface area contributed by atoms with E-state index in [-0.39, 0.29) is 11.5 Å². The molecule has 6 nitrogen and oxygen atoms in total. The van der Waals surface area contributed by atoms with Crippen molar-refractivity contribution in [3.05, 3.63) is 33.7 Å². The van der Waals surface area contributed by atoms with Crippen LogP contribution in [0.4, 0.5) is 11.5 Å². The van der Waals surface area contributed by atoms with Crippen LogP contribution in [-0.4, -0.2) is 4.92 Å². The predicted molar refractivity (Wildman–Crippen MR) is 36.5 cm³/mol. The highest BCUT2D eigenvalue weighted by atomic mass is 16.6. The first-order chi connectivity index (χ1) is 5.11. The Kier molecular flexibility index (Phi) is 1.59. The van der Waals surface area contributed by atoms with E-state index >= 15 is 0 Å². The molecule has 0 saturated carbocycles. The summed E-state index contributed by atoms with van der Waals surface area (Å²) in [5, 5.41) is 20.7. The van der Waals surface area contributed by atoms with Crippen LogP contribution < -0.4 is 10.5 Å². The zero-order valence-corrected chi connectivity index (χ0v) is 5.43. The summed E-state index contributed by atoms with van der Waals surface area (Å²) in [6.07, 6.45) is 0.994. The summed E-state index contributed by atoms with van der Waals surface area (Å²) in [5.74, 6) is -0.181. The van der Waals surface area contributed by atoms with Crippen molar-refractivity contribution >= 4 is 11.5 Å². The number of hydrogen-bond acceptors (Lipinski definition) is 4. The van der Waals surface area contributed by atoms with Crippen LogP contribution in [0.5, 0.6) is 0 Å². The number of aromatic nitrogens is 1. The van der Waals surface area contributed by atoms with Crippen molar-refractivity contribution in [1.82, 2.24) is 0 Å². The molecule has 0 radical (unpaired) electrons. The molecule has 0 aliphatic carbocycles. The van der Waals surface area contributed by atoms with E-state index in [1.54, 1.807) is 0 Å². The Balaban J connectivity index is 3.15. The quantitative estimate of drug-likeness (QED) is 0.263. The molecule has 58 valence electrons. The largest absolute Gasteiger partial charge is 0.711 e. The minimum atomic E-state index is -0.615. The Morgan fingerprint density at radius 3 is 2.73 bits per heavy atom. The average molecular weight is 155 g/mol. The number of nitrogen functional groups attached to an aromatic ring is 1. The molecule has 1 rings (SSSR count). The van der Waals surface area contributed by atoms with Crippen LogP contribution in [0, 0.1) is 15.3 Å². The van der Waals surface area contributed by atoms with Crippen LogP contribution in [0.3, 0.4) is 0 Å². The third kappa shape index (κ3) is 1.34. The van der Waals surface area contributed by atoms with Gasteiger partial charge in [0.05, 0.1) is 11.0 Å². The van der Waals surface area contributed by atoms with Gasteiger partial charge in [0.1, 0.15) is 12.3 Å². The Morgan fingerprint density at radius 1 is 1.64 bits per heavy atom. The van der Waals surface area contributed by atoms with E-state index in [2.05, 4.69) is 0 Å². The summed E-state index contributed by atoms with van der Waals surface area (Å²) < 4.78 is 0.354. The van der Waals surface area contributed by atoms with Gasteiger partial charge in [0, 0.05) is 0 Å². The van der Waals surface area contributed by atoms with Crippen molar-refractivity contribution in [3.8, 4) is 0 Å². The molecule has 1 heterocycles. The molecule has 1 aromatic heterocycles. The summed E-state index contributed by atoms with van der Waals surface area (Å²) in [4.78, 5) is 9.49. The smallest absolute Gasteiger partial charge is 0.282 e. The van der Waals surface area contributed by atoms with E-state index in [1.807, 2.05) is 0 Å². The minimum Gasteiger partial charge on any atom is -0.711 e. The van der Waals surface area contributed by atoms with Crippen LogP contribution in [-0.2, 0) is 0 Å². The third-order valence-electron chi connectivity index (χ3n) is 1.14. The van der Waals surface area contributed by atoms with Gasteiger partial charge in [-0.3, -0.25) is 15.8 Å². The first kappa shape index (κ1) is 7.26. The fraction of sp³-hybridized carbons (Fsp3) is 0. The van der Waals surface area contributed by atoms with Gasteiger partial charge in [-0.1, -0.05) is 0 Å². The molecule has 0 amide bonds. The van der Waals surface area contributed by atoms with Crippen molar-refractivity contribution < 1.29 is 9.65 Å². The van der Waals surface area contributed by atoms with Gasteiger partial charge >= 0.3 is 0 Å². The number of pyridine rings is 1. The lowest BCUT2D eigenvalue weighted by atomic mass is 10.4. The average Bonchev–Trinajstić information content (AvgIpc) is 1.94. The van der Waals surface area contributed by atoms with Gasteiger partial charge in [-0.05, 0) is 0 Å². The van der Waals surface area contributed by atoms with Crippen LogP contribution in [0.15, 0.2) is 18.3 Å². The van der Waals surface area contributed by atoms with E-state index in [1.165, 1.54) is 0 Å². The van der Waals surface area contributed by atoms with E-state index in [0.717, 1.165) is 18.3 Å². The van der Waals surface area contributed by atoms with E-state index in [4.69, 9.17) is 5.73 Å². The van der Waals surface area contributed by atoms with Gasteiger partial charge in [-0.25, -0.2) is 4.73 Å². The topological polar surface area (TPSA) is 96.1 Å². The summed E-state index contributed by atoms with van der Waals surface area (Å²) in [5.41, 5.74) is 4.92. The molecule has 2 N–H and O–H groups in total. The van der Waals surface area contributed by atoms with Crippen molar-refractivity contribution in [2.75, 3.05) is 5.73 Å². The van der Waals surface area contributed by atoms with E-state index in [9.17, 15) is 15.3 Å². The molecule has 1 aromatic rings. The molecular weight excluding hydrogens is 150 g/mol. The normalized spacial score (nSPS) is 9.45. The SMILES string of the molecule is Nc1cc([N+](=O)[O-])cc[n+]1[O-]. The summed E-state index contributed by atoms with van der Waals surface area (Å²) in [6, 6.07) is 2.09. The zero-order valence-electron chi connectivity index (χ0n) is 5.43. The summed E-state index contributed by atoms with van der Waals surface area (Å²) in [6.45, 7) is 0. The van der Waals surface area contributed by atoms with Gasteiger partial charge in [-0.2, -0.15) is 0 Å². The Morgan fingerprint density at radius 2 is 2.27 bits per heavy atom. The number of nitro groups is 1. The third-order valence-corrected chi connectivity index (χ3v) is 1.14. The van der Waals surface area contributed by atoms with Crippen molar-refractivity contribution in [2.45, 2.75) is 0 Å². The molecule has 0 unspecified atom stereocenters. The number of rotatable bonds is 1. The van der Waals surface area contributed by atoms with Crippen LogP contribution in [0.2, 0.25) is 0 Å². The standard InChI is InChI=1S/C5H5N3O3/c6-5-3-4(8(10)11)1-2-7(5)9/h1-3H,6H2. The first-order valence-corrected chi connectivity index (χ1v) is 2.74. The van der Waals surface area contributed by atoms with Crippen molar-refractivity contribution in [1.29, 1.82) is 0 Å². The highest BCUT2D eigenvalue weighted by Crippen LogP contribution is 2.09. The predicted octanol–water partition coefficient (Wildman–Crippen LogP) is -0.190. The van der Waals surface area contributed by atoms with Gasteiger partial charge < -0.3 is 5.21 Å². The van der Waals surface area contributed by atoms with E-state index < -0.39 is 4.92 Å². The number of hydrogen-bond donors (Lipinski definition) is 1. The lowest BCUT2D eigenvalue weighted by Crippen LogP contribution is -2.29. The Bertz CT molecular complexity index is 299. The van der Waals surface area contributed by atoms with Crippen LogP contribution in [0.1, 0.15) is 0 Å². The fourth-order valence-corrected chi connectivity index (χ4v) is 0.607. The molecule has 0 spiro atoms. The molecule has 0 aromatic carbocycles. The molecule has 0 fully saturated rings. The van der Waals surface area contributed by atoms with Crippen LogP contribution >= 0.6 is 0 Å². The van der Waals surface area contributed by atoms with Gasteiger partial charge in [0.2, 0.25) is 0 Å². The maximum absolute atomic E-state index is 10.6. The van der Waals surface area contributed by atoms with Crippen molar-refractivity contribution in [3.63, 3.8) is 0 Å². The highest BCUT2D eigenvalue weighted by Gasteiger charge is 2.08. The number of anilines is 1.